The Bertz CT molecular complexity index is 708. The standard InChI is InChI=1S/C20H25FN2O2/c1-24-17-8-9-19(25-2)15(12-17)13-23-18-7-4-10-22-20(18)14-5-3-6-16(21)11-14/h3,5-6,8-9,11-12,18,20,22-23H,4,7,10,13H2,1-2H3/t18-,20-/m1/s1. The molecule has 1 fully saturated rings. The Morgan fingerprint density at radius 1 is 1.16 bits per heavy atom. The third-order valence-electron chi connectivity index (χ3n) is 4.71. The number of rotatable bonds is 6. The molecule has 2 aromatic rings. The van der Waals surface area contributed by atoms with Gasteiger partial charge in [-0.05, 0) is 55.3 Å². The van der Waals surface area contributed by atoms with Crippen LogP contribution in [0.1, 0.15) is 30.0 Å². The van der Waals surface area contributed by atoms with Gasteiger partial charge < -0.3 is 20.1 Å². The van der Waals surface area contributed by atoms with Gasteiger partial charge in [-0.1, -0.05) is 12.1 Å². The molecule has 0 aromatic heterocycles. The third-order valence-corrected chi connectivity index (χ3v) is 4.71. The Morgan fingerprint density at radius 3 is 2.80 bits per heavy atom. The maximum Gasteiger partial charge on any atom is 0.123 e. The van der Waals surface area contributed by atoms with Gasteiger partial charge in [-0.2, -0.15) is 0 Å². The van der Waals surface area contributed by atoms with Gasteiger partial charge >= 0.3 is 0 Å². The molecule has 0 amide bonds. The van der Waals surface area contributed by atoms with Crippen molar-refractivity contribution in [1.29, 1.82) is 0 Å². The second-order valence-electron chi connectivity index (χ2n) is 6.29. The highest BCUT2D eigenvalue weighted by Gasteiger charge is 2.26. The molecule has 25 heavy (non-hydrogen) atoms. The number of hydrogen-bond acceptors (Lipinski definition) is 4. The fourth-order valence-corrected chi connectivity index (χ4v) is 3.42. The fourth-order valence-electron chi connectivity index (χ4n) is 3.42. The topological polar surface area (TPSA) is 42.5 Å². The molecule has 0 bridgehead atoms. The number of benzene rings is 2. The molecule has 0 aliphatic carbocycles. The van der Waals surface area contributed by atoms with Gasteiger partial charge in [-0.3, -0.25) is 0 Å². The van der Waals surface area contributed by atoms with E-state index in [0.717, 1.165) is 42.0 Å². The second kappa shape index (κ2) is 8.32. The van der Waals surface area contributed by atoms with Crippen LogP contribution >= 0.6 is 0 Å². The van der Waals surface area contributed by atoms with Gasteiger partial charge in [-0.15, -0.1) is 0 Å². The maximum atomic E-state index is 13.6. The lowest BCUT2D eigenvalue weighted by Crippen LogP contribution is -2.45. The highest BCUT2D eigenvalue weighted by molar-refractivity contribution is 5.40. The lowest BCUT2D eigenvalue weighted by Gasteiger charge is -2.34. The number of nitrogens with one attached hydrogen (secondary N) is 2. The van der Waals surface area contributed by atoms with E-state index in [1.54, 1.807) is 26.4 Å². The van der Waals surface area contributed by atoms with Crippen molar-refractivity contribution in [3.05, 3.63) is 59.4 Å². The largest absolute Gasteiger partial charge is 0.497 e. The van der Waals surface area contributed by atoms with Crippen molar-refractivity contribution in [1.82, 2.24) is 10.6 Å². The summed E-state index contributed by atoms with van der Waals surface area (Å²) in [4.78, 5) is 0. The van der Waals surface area contributed by atoms with Crippen molar-refractivity contribution in [2.75, 3.05) is 20.8 Å². The first-order valence-corrected chi connectivity index (χ1v) is 8.64. The number of hydrogen-bond donors (Lipinski definition) is 2. The normalized spacial score (nSPS) is 20.3. The van der Waals surface area contributed by atoms with Gasteiger partial charge in [0.15, 0.2) is 0 Å². The first-order chi connectivity index (χ1) is 12.2. The summed E-state index contributed by atoms with van der Waals surface area (Å²) in [5.41, 5.74) is 2.03. The van der Waals surface area contributed by atoms with Gasteiger partial charge in [0, 0.05) is 24.2 Å². The quantitative estimate of drug-likeness (QED) is 0.843. The van der Waals surface area contributed by atoms with Crippen LogP contribution in [0.25, 0.3) is 0 Å². The zero-order chi connectivity index (χ0) is 17.6. The van der Waals surface area contributed by atoms with Gasteiger partial charge in [0.2, 0.25) is 0 Å². The van der Waals surface area contributed by atoms with Crippen molar-refractivity contribution in [2.45, 2.75) is 31.5 Å². The van der Waals surface area contributed by atoms with Gasteiger partial charge in [-0.25, -0.2) is 4.39 Å². The molecule has 2 N–H and O–H groups in total. The van der Waals surface area contributed by atoms with Crippen molar-refractivity contribution in [3.63, 3.8) is 0 Å². The van der Waals surface area contributed by atoms with Crippen LogP contribution in [0.3, 0.4) is 0 Å². The molecular formula is C20H25FN2O2. The Labute approximate surface area is 148 Å². The smallest absolute Gasteiger partial charge is 0.123 e. The van der Waals surface area contributed by atoms with Crippen LogP contribution in [0, 0.1) is 5.82 Å². The summed E-state index contributed by atoms with van der Waals surface area (Å²) >= 11 is 0. The number of ether oxygens (including phenoxy) is 2. The minimum Gasteiger partial charge on any atom is -0.497 e. The molecule has 134 valence electrons. The molecule has 0 saturated carbocycles. The average Bonchev–Trinajstić information content (AvgIpc) is 2.66. The summed E-state index contributed by atoms with van der Waals surface area (Å²) in [5, 5.41) is 7.13. The third kappa shape index (κ3) is 4.30. The molecule has 2 aromatic carbocycles. The molecule has 0 unspecified atom stereocenters. The first-order valence-electron chi connectivity index (χ1n) is 8.64. The molecular weight excluding hydrogens is 319 g/mol. The highest BCUT2D eigenvalue weighted by atomic mass is 19.1. The summed E-state index contributed by atoms with van der Waals surface area (Å²) in [6, 6.07) is 13.0. The van der Waals surface area contributed by atoms with E-state index < -0.39 is 0 Å². The lowest BCUT2D eigenvalue weighted by molar-refractivity contribution is 0.302. The Morgan fingerprint density at radius 2 is 2.04 bits per heavy atom. The van der Waals surface area contributed by atoms with Crippen LogP contribution < -0.4 is 20.1 Å². The lowest BCUT2D eigenvalue weighted by atomic mass is 9.92. The number of piperidine rings is 1. The average molecular weight is 344 g/mol. The minimum absolute atomic E-state index is 0.0982. The summed E-state index contributed by atoms with van der Waals surface area (Å²) in [6.07, 6.45) is 2.14. The number of halogens is 1. The number of methoxy groups -OCH3 is 2. The van der Waals surface area contributed by atoms with Gasteiger partial charge in [0.05, 0.1) is 14.2 Å². The summed E-state index contributed by atoms with van der Waals surface area (Å²) in [6.45, 7) is 1.61. The van der Waals surface area contributed by atoms with Crippen LogP contribution in [0.2, 0.25) is 0 Å². The van der Waals surface area contributed by atoms with E-state index in [1.165, 1.54) is 6.07 Å². The zero-order valence-corrected chi connectivity index (χ0v) is 14.7. The Balaban J connectivity index is 1.74. The minimum atomic E-state index is -0.196. The van der Waals surface area contributed by atoms with Crippen LogP contribution in [-0.2, 0) is 6.54 Å². The monoisotopic (exact) mass is 344 g/mol. The SMILES string of the molecule is COc1ccc(OC)c(CN[C@@H]2CCCN[C@@H]2c2cccc(F)c2)c1. The molecule has 1 aliphatic rings. The summed E-state index contributed by atoms with van der Waals surface area (Å²) in [5.74, 6) is 1.44. The van der Waals surface area contributed by atoms with Crippen LogP contribution in [0.15, 0.2) is 42.5 Å². The maximum absolute atomic E-state index is 13.6. The van der Waals surface area contributed by atoms with Crippen LogP contribution in [0.4, 0.5) is 4.39 Å². The molecule has 4 nitrogen and oxygen atoms in total. The van der Waals surface area contributed by atoms with E-state index in [4.69, 9.17) is 9.47 Å². The molecule has 5 heteroatoms. The van der Waals surface area contributed by atoms with E-state index in [1.807, 2.05) is 24.3 Å². The van der Waals surface area contributed by atoms with Crippen molar-refractivity contribution >= 4 is 0 Å². The van der Waals surface area contributed by atoms with Crippen molar-refractivity contribution in [2.24, 2.45) is 0 Å². The molecule has 1 aliphatic heterocycles. The molecule has 2 atom stereocenters. The molecule has 1 saturated heterocycles. The molecule has 1 heterocycles. The van der Waals surface area contributed by atoms with Gasteiger partial charge in [0.25, 0.3) is 0 Å². The summed E-state index contributed by atoms with van der Waals surface area (Å²) < 4.78 is 24.4. The predicted molar refractivity (Wildman–Crippen MR) is 96.6 cm³/mol. The first kappa shape index (κ1) is 17.7. The zero-order valence-electron chi connectivity index (χ0n) is 14.7. The molecule has 0 spiro atoms. The van der Waals surface area contributed by atoms with Crippen molar-refractivity contribution < 1.29 is 13.9 Å². The second-order valence-corrected chi connectivity index (χ2v) is 6.29. The van der Waals surface area contributed by atoms with Crippen LogP contribution in [0.5, 0.6) is 11.5 Å². The Hall–Kier alpha value is -2.11. The van der Waals surface area contributed by atoms with E-state index >= 15 is 0 Å². The van der Waals surface area contributed by atoms with Gasteiger partial charge in [0.1, 0.15) is 17.3 Å². The van der Waals surface area contributed by atoms with E-state index in [-0.39, 0.29) is 17.9 Å². The van der Waals surface area contributed by atoms with E-state index in [2.05, 4.69) is 10.6 Å². The van der Waals surface area contributed by atoms with Crippen LogP contribution in [-0.4, -0.2) is 26.8 Å². The van der Waals surface area contributed by atoms with E-state index in [0.29, 0.717) is 6.54 Å². The van der Waals surface area contributed by atoms with Crippen molar-refractivity contribution in [3.8, 4) is 11.5 Å². The molecule has 0 radical (unpaired) electrons. The highest BCUT2D eigenvalue weighted by Crippen LogP contribution is 2.27. The molecule has 3 rings (SSSR count). The predicted octanol–water partition coefficient (Wildman–Crippen LogP) is 3.43. The Kier molecular flexibility index (Phi) is 5.89. The van der Waals surface area contributed by atoms with E-state index in [9.17, 15) is 4.39 Å². The fraction of sp³-hybridized carbons (Fsp3) is 0.400. The summed E-state index contributed by atoms with van der Waals surface area (Å²) in [7, 11) is 3.33.